The summed E-state index contributed by atoms with van der Waals surface area (Å²) in [5.74, 6) is 0. The van der Waals surface area contributed by atoms with Crippen LogP contribution >= 0.6 is 0 Å². The van der Waals surface area contributed by atoms with Crippen LogP contribution in [0, 0.1) is 10.1 Å². The van der Waals surface area contributed by atoms with E-state index in [9.17, 15) is 18.5 Å². The first-order chi connectivity index (χ1) is 8.53. The molecule has 2 rings (SSSR count). The van der Waals surface area contributed by atoms with Crippen LogP contribution in [0.2, 0.25) is 0 Å². The molecule has 0 saturated carbocycles. The van der Waals surface area contributed by atoms with Crippen molar-refractivity contribution in [2.75, 3.05) is 0 Å². The lowest BCUT2D eigenvalue weighted by Crippen LogP contribution is -2.19. The van der Waals surface area contributed by atoms with Crippen molar-refractivity contribution in [1.82, 2.24) is 4.31 Å². The zero-order valence-electron chi connectivity index (χ0n) is 11.2. The highest BCUT2D eigenvalue weighted by atomic mass is 32.2. The van der Waals surface area contributed by atoms with Gasteiger partial charge in [-0.1, -0.05) is 0 Å². The molecule has 1 aromatic rings. The Kier molecular flexibility index (Phi) is 2.77. The van der Waals surface area contributed by atoms with Crippen LogP contribution in [-0.4, -0.2) is 28.7 Å². The Labute approximate surface area is 112 Å². The molecule has 0 aliphatic carbocycles. The molecule has 0 atom stereocenters. The fraction of sp³-hybridized carbons (Fsp3) is 0.500. The summed E-state index contributed by atoms with van der Waals surface area (Å²) in [6, 6.07) is 4.96. The Balaban J connectivity index is 2.40. The summed E-state index contributed by atoms with van der Waals surface area (Å²) >= 11 is 0. The number of nitro groups is 1. The molecule has 1 heterocycles. The Morgan fingerprint density at radius 2 is 1.47 bits per heavy atom. The standard InChI is InChI=1S/C12H16N2O4S/c1-11(2)12(3,4)14(11)19(17,18)10-7-5-9(6-8-10)13(15)16/h5-8H,1-4H3. The first-order valence-corrected chi connectivity index (χ1v) is 7.27. The lowest BCUT2D eigenvalue weighted by Gasteiger charge is -2.08. The van der Waals surface area contributed by atoms with Gasteiger partial charge in [-0.15, -0.1) is 0 Å². The van der Waals surface area contributed by atoms with Crippen LogP contribution in [0.5, 0.6) is 0 Å². The van der Waals surface area contributed by atoms with E-state index in [4.69, 9.17) is 0 Å². The molecule has 1 aliphatic heterocycles. The molecule has 104 valence electrons. The van der Waals surface area contributed by atoms with E-state index >= 15 is 0 Å². The molecular formula is C12H16N2O4S. The number of non-ortho nitro benzene ring substituents is 1. The topological polar surface area (TPSA) is 80.3 Å². The van der Waals surface area contributed by atoms with Gasteiger partial charge in [-0.2, -0.15) is 4.31 Å². The molecule has 1 saturated heterocycles. The molecule has 0 unspecified atom stereocenters. The molecule has 0 amide bonds. The monoisotopic (exact) mass is 284 g/mol. The zero-order valence-corrected chi connectivity index (χ0v) is 12.1. The van der Waals surface area contributed by atoms with Crippen molar-refractivity contribution in [2.24, 2.45) is 0 Å². The Morgan fingerprint density at radius 1 is 1.05 bits per heavy atom. The maximum atomic E-state index is 12.5. The molecular weight excluding hydrogens is 268 g/mol. The fourth-order valence-electron chi connectivity index (χ4n) is 2.32. The van der Waals surface area contributed by atoms with Crippen LogP contribution in [0.25, 0.3) is 0 Å². The van der Waals surface area contributed by atoms with E-state index < -0.39 is 26.0 Å². The first-order valence-electron chi connectivity index (χ1n) is 5.83. The van der Waals surface area contributed by atoms with E-state index in [2.05, 4.69) is 0 Å². The number of hydrogen-bond acceptors (Lipinski definition) is 4. The van der Waals surface area contributed by atoms with Crippen molar-refractivity contribution in [1.29, 1.82) is 0 Å². The number of sulfonamides is 1. The first kappa shape index (κ1) is 14.0. The van der Waals surface area contributed by atoms with Crippen molar-refractivity contribution in [3.63, 3.8) is 0 Å². The number of nitrogens with zero attached hydrogens (tertiary/aromatic N) is 2. The van der Waals surface area contributed by atoms with Crippen LogP contribution < -0.4 is 0 Å². The largest absolute Gasteiger partial charge is 0.269 e. The van der Waals surface area contributed by atoms with Crippen LogP contribution in [0.15, 0.2) is 29.2 Å². The summed E-state index contributed by atoms with van der Waals surface area (Å²) in [5, 5.41) is 10.6. The molecule has 1 fully saturated rings. The summed E-state index contributed by atoms with van der Waals surface area (Å²) in [7, 11) is -3.61. The third kappa shape index (κ3) is 1.84. The van der Waals surface area contributed by atoms with Gasteiger partial charge in [0, 0.05) is 12.1 Å². The highest BCUT2D eigenvalue weighted by Gasteiger charge is 2.68. The summed E-state index contributed by atoms with van der Waals surface area (Å²) < 4.78 is 26.4. The average Bonchev–Trinajstić information content (AvgIpc) is 2.70. The minimum atomic E-state index is -3.61. The molecule has 0 spiro atoms. The predicted molar refractivity (Wildman–Crippen MR) is 70.3 cm³/mol. The Morgan fingerprint density at radius 3 is 1.79 bits per heavy atom. The molecule has 0 N–H and O–H groups in total. The molecule has 1 aromatic carbocycles. The van der Waals surface area contributed by atoms with Crippen LogP contribution in [0.3, 0.4) is 0 Å². The van der Waals surface area contributed by atoms with Crippen molar-refractivity contribution in [3.05, 3.63) is 34.4 Å². The molecule has 0 radical (unpaired) electrons. The number of hydrogen-bond donors (Lipinski definition) is 0. The fourth-order valence-corrected chi connectivity index (χ4v) is 4.62. The summed E-state index contributed by atoms with van der Waals surface area (Å²) in [6.07, 6.45) is 0. The van der Waals surface area contributed by atoms with Gasteiger partial charge in [0.05, 0.1) is 20.9 Å². The normalized spacial score (nSPS) is 21.1. The summed E-state index contributed by atoms with van der Waals surface area (Å²) in [4.78, 5) is 10.1. The Hall–Kier alpha value is -1.47. The summed E-state index contributed by atoms with van der Waals surface area (Å²) in [6.45, 7) is 7.43. The van der Waals surface area contributed by atoms with E-state index in [1.54, 1.807) is 0 Å². The third-order valence-corrected chi connectivity index (χ3v) is 6.31. The Bertz CT molecular complexity index is 618. The number of benzene rings is 1. The van der Waals surface area contributed by atoms with Crippen molar-refractivity contribution >= 4 is 15.7 Å². The van der Waals surface area contributed by atoms with E-state index in [1.165, 1.54) is 28.6 Å². The maximum Gasteiger partial charge on any atom is 0.269 e. The van der Waals surface area contributed by atoms with Crippen molar-refractivity contribution in [2.45, 2.75) is 43.7 Å². The van der Waals surface area contributed by atoms with Gasteiger partial charge in [0.15, 0.2) is 0 Å². The van der Waals surface area contributed by atoms with Crippen molar-refractivity contribution < 1.29 is 13.3 Å². The van der Waals surface area contributed by atoms with E-state index in [-0.39, 0.29) is 10.6 Å². The quantitative estimate of drug-likeness (QED) is 0.484. The minimum Gasteiger partial charge on any atom is -0.258 e. The van der Waals surface area contributed by atoms with Gasteiger partial charge in [0.1, 0.15) is 0 Å². The van der Waals surface area contributed by atoms with E-state index in [1.807, 2.05) is 27.7 Å². The van der Waals surface area contributed by atoms with Gasteiger partial charge in [-0.05, 0) is 39.8 Å². The molecule has 0 bridgehead atoms. The zero-order chi connectivity index (χ0) is 14.6. The molecule has 1 aliphatic rings. The van der Waals surface area contributed by atoms with Gasteiger partial charge >= 0.3 is 0 Å². The highest BCUT2D eigenvalue weighted by molar-refractivity contribution is 7.89. The lowest BCUT2D eigenvalue weighted by molar-refractivity contribution is -0.384. The van der Waals surface area contributed by atoms with E-state index in [0.29, 0.717) is 0 Å². The van der Waals surface area contributed by atoms with Gasteiger partial charge < -0.3 is 0 Å². The van der Waals surface area contributed by atoms with Crippen molar-refractivity contribution in [3.8, 4) is 0 Å². The van der Waals surface area contributed by atoms with Gasteiger partial charge in [0.2, 0.25) is 10.0 Å². The molecule has 19 heavy (non-hydrogen) atoms. The summed E-state index contributed by atoms with van der Waals surface area (Å²) in [5.41, 5.74) is -1.02. The van der Waals surface area contributed by atoms with Crippen LogP contribution in [-0.2, 0) is 10.0 Å². The van der Waals surface area contributed by atoms with Crippen LogP contribution in [0.1, 0.15) is 27.7 Å². The smallest absolute Gasteiger partial charge is 0.258 e. The maximum absolute atomic E-state index is 12.5. The van der Waals surface area contributed by atoms with Gasteiger partial charge in [-0.3, -0.25) is 10.1 Å². The second-order valence-corrected chi connectivity index (χ2v) is 7.43. The third-order valence-electron chi connectivity index (χ3n) is 4.05. The average molecular weight is 284 g/mol. The lowest BCUT2D eigenvalue weighted by atomic mass is 10.0. The molecule has 7 heteroatoms. The predicted octanol–water partition coefficient (Wildman–Crippen LogP) is 2.16. The minimum absolute atomic E-state index is 0.0803. The van der Waals surface area contributed by atoms with Gasteiger partial charge in [-0.25, -0.2) is 8.42 Å². The second-order valence-electron chi connectivity index (χ2n) is 5.64. The number of nitro benzene ring substituents is 1. The van der Waals surface area contributed by atoms with Crippen LogP contribution in [0.4, 0.5) is 5.69 Å². The highest BCUT2D eigenvalue weighted by Crippen LogP contribution is 2.54. The SMILES string of the molecule is CC1(C)N(S(=O)(=O)c2ccc([N+](=O)[O-])cc2)C1(C)C. The van der Waals surface area contributed by atoms with Gasteiger partial charge in [0.25, 0.3) is 5.69 Å². The second kappa shape index (κ2) is 3.77. The molecule has 6 nitrogen and oxygen atoms in total. The molecule has 0 aromatic heterocycles. The number of rotatable bonds is 3. The van der Waals surface area contributed by atoms with E-state index in [0.717, 1.165) is 0 Å².